The number of rotatable bonds is 5. The second kappa shape index (κ2) is 12.4. The van der Waals surface area contributed by atoms with Gasteiger partial charge in [-0.1, -0.05) is 30.3 Å². The second-order valence-corrected chi connectivity index (χ2v) is 13.5. The lowest BCUT2D eigenvalue weighted by molar-refractivity contribution is -0.142. The van der Waals surface area contributed by atoms with Crippen molar-refractivity contribution in [3.05, 3.63) is 94.9 Å². The van der Waals surface area contributed by atoms with Gasteiger partial charge in [-0.3, -0.25) is 14.2 Å². The summed E-state index contributed by atoms with van der Waals surface area (Å²) >= 11 is 0. The summed E-state index contributed by atoms with van der Waals surface area (Å²) in [4.78, 5) is 48.3. The van der Waals surface area contributed by atoms with Crippen molar-refractivity contribution in [3.63, 3.8) is 0 Å². The Morgan fingerprint density at radius 2 is 1.70 bits per heavy atom. The molecule has 2 aliphatic heterocycles. The SMILES string of the molecule is CC(C)(C)OC(=O)N1CC[C@@H](C(=O)N2CCC(O)(Cn3cnc4c(ccn4-c4ccc(F)cc4)c3=O)CC2)[C@H](c2ccccc2)C1. The standard InChI is InChI=1S/C35H40FN5O5/c1-34(2,3)46-33(44)39-17-13-27(29(21-39)24-7-5-4-6-8-24)31(42)38-19-15-35(45,16-20-38)22-40-23-37-30-28(32(40)43)14-18-41(30)26-11-9-25(36)10-12-26/h4-12,14,18,23,27,29,45H,13,15-17,19-22H2,1-3H3/t27-,29+/m1/s1. The fraction of sp³-hybridized carbons (Fsp3) is 0.429. The highest BCUT2D eigenvalue weighted by atomic mass is 19.1. The molecule has 242 valence electrons. The molecule has 2 fully saturated rings. The van der Waals surface area contributed by atoms with Crippen LogP contribution in [0.5, 0.6) is 0 Å². The predicted molar refractivity (Wildman–Crippen MR) is 171 cm³/mol. The third kappa shape index (κ3) is 6.55. The van der Waals surface area contributed by atoms with Crippen LogP contribution in [-0.2, 0) is 16.1 Å². The van der Waals surface area contributed by atoms with E-state index in [-0.39, 0.29) is 41.8 Å². The van der Waals surface area contributed by atoms with Gasteiger partial charge in [0.1, 0.15) is 17.7 Å². The number of aromatic nitrogens is 3. The number of halogens is 1. The zero-order chi connectivity index (χ0) is 32.6. The van der Waals surface area contributed by atoms with E-state index >= 15 is 0 Å². The lowest BCUT2D eigenvalue weighted by Gasteiger charge is -2.43. The number of ether oxygens (including phenoxy) is 1. The summed E-state index contributed by atoms with van der Waals surface area (Å²) in [6, 6.07) is 17.4. The van der Waals surface area contributed by atoms with Crippen LogP contribution in [0.2, 0.25) is 0 Å². The third-order valence-electron chi connectivity index (χ3n) is 9.05. The molecule has 2 saturated heterocycles. The van der Waals surface area contributed by atoms with Crippen molar-refractivity contribution >= 4 is 23.0 Å². The molecule has 0 bridgehead atoms. The third-order valence-corrected chi connectivity index (χ3v) is 9.05. The number of aliphatic hydroxyl groups is 1. The first kappa shape index (κ1) is 31.5. The minimum atomic E-state index is -1.19. The first-order valence-corrected chi connectivity index (χ1v) is 15.8. The van der Waals surface area contributed by atoms with Crippen molar-refractivity contribution < 1.29 is 23.8 Å². The van der Waals surface area contributed by atoms with Crippen LogP contribution in [0.1, 0.15) is 51.5 Å². The number of hydrogen-bond donors (Lipinski definition) is 1. The fourth-order valence-electron chi connectivity index (χ4n) is 6.61. The molecule has 4 heterocycles. The van der Waals surface area contributed by atoms with Gasteiger partial charge >= 0.3 is 6.09 Å². The normalized spacial score (nSPS) is 20.1. The predicted octanol–water partition coefficient (Wildman–Crippen LogP) is 4.72. The summed E-state index contributed by atoms with van der Waals surface area (Å²) in [5.74, 6) is -0.834. The molecule has 2 aliphatic rings. The Labute approximate surface area is 267 Å². The highest BCUT2D eigenvalue weighted by Crippen LogP contribution is 2.36. The van der Waals surface area contributed by atoms with E-state index in [9.17, 15) is 23.9 Å². The van der Waals surface area contributed by atoms with Crippen LogP contribution in [0.25, 0.3) is 16.7 Å². The van der Waals surface area contributed by atoms with Crippen LogP contribution in [0.3, 0.4) is 0 Å². The van der Waals surface area contributed by atoms with Crippen LogP contribution < -0.4 is 5.56 Å². The molecule has 2 atom stereocenters. The summed E-state index contributed by atoms with van der Waals surface area (Å²) in [7, 11) is 0. The summed E-state index contributed by atoms with van der Waals surface area (Å²) in [6.45, 7) is 7.09. The van der Waals surface area contributed by atoms with Crippen molar-refractivity contribution in [3.8, 4) is 5.69 Å². The largest absolute Gasteiger partial charge is 0.444 e. The van der Waals surface area contributed by atoms with E-state index < -0.39 is 11.2 Å². The van der Waals surface area contributed by atoms with Gasteiger partial charge in [0.25, 0.3) is 5.56 Å². The summed E-state index contributed by atoms with van der Waals surface area (Å²) in [5.41, 5.74) is 0.0543. The summed E-state index contributed by atoms with van der Waals surface area (Å²) in [5, 5.41) is 11.9. The van der Waals surface area contributed by atoms with Gasteiger partial charge in [-0.2, -0.15) is 0 Å². The van der Waals surface area contributed by atoms with Crippen LogP contribution in [0.4, 0.5) is 9.18 Å². The van der Waals surface area contributed by atoms with E-state index in [2.05, 4.69) is 4.98 Å². The summed E-state index contributed by atoms with van der Waals surface area (Å²) in [6.07, 6.45) is 3.91. The number of nitrogens with zero attached hydrogens (tertiary/aromatic N) is 5. The van der Waals surface area contributed by atoms with E-state index in [4.69, 9.17) is 4.74 Å². The van der Waals surface area contributed by atoms with Crippen LogP contribution in [-0.4, -0.2) is 78.4 Å². The zero-order valence-electron chi connectivity index (χ0n) is 26.4. The maximum atomic E-state index is 14.0. The Hall–Kier alpha value is -4.51. The van der Waals surface area contributed by atoms with Gasteiger partial charge in [0.05, 0.1) is 17.5 Å². The van der Waals surface area contributed by atoms with Crippen LogP contribution in [0, 0.1) is 11.7 Å². The number of piperidine rings is 2. The Morgan fingerprint density at radius 3 is 2.37 bits per heavy atom. The van der Waals surface area contributed by atoms with Gasteiger partial charge in [0, 0.05) is 49.9 Å². The molecule has 2 aromatic heterocycles. The molecule has 10 nitrogen and oxygen atoms in total. The molecule has 46 heavy (non-hydrogen) atoms. The summed E-state index contributed by atoms with van der Waals surface area (Å²) < 4.78 is 22.2. The lowest BCUT2D eigenvalue weighted by Crippen LogP contribution is -2.53. The monoisotopic (exact) mass is 629 g/mol. The van der Waals surface area contributed by atoms with Gasteiger partial charge in [0.15, 0.2) is 5.65 Å². The number of benzene rings is 2. The second-order valence-electron chi connectivity index (χ2n) is 13.5. The van der Waals surface area contributed by atoms with Crippen molar-refractivity contribution in [2.24, 2.45) is 5.92 Å². The molecule has 0 radical (unpaired) electrons. The highest BCUT2D eigenvalue weighted by molar-refractivity contribution is 5.81. The van der Waals surface area contributed by atoms with Crippen molar-refractivity contribution in [1.29, 1.82) is 0 Å². The number of amides is 2. The molecular formula is C35H40FN5O5. The molecule has 11 heteroatoms. The Balaban J connectivity index is 1.13. The van der Waals surface area contributed by atoms with Gasteiger partial charge in [-0.05, 0) is 75.9 Å². The van der Waals surface area contributed by atoms with Crippen molar-refractivity contribution in [2.75, 3.05) is 26.2 Å². The van der Waals surface area contributed by atoms with Crippen molar-refractivity contribution in [1.82, 2.24) is 23.9 Å². The zero-order valence-corrected chi connectivity index (χ0v) is 26.4. The average molecular weight is 630 g/mol. The highest BCUT2D eigenvalue weighted by Gasteiger charge is 2.42. The number of carbonyl (C=O) groups excluding carboxylic acids is 2. The molecular weight excluding hydrogens is 589 g/mol. The molecule has 1 N–H and O–H groups in total. The minimum Gasteiger partial charge on any atom is -0.444 e. The lowest BCUT2D eigenvalue weighted by atomic mass is 9.79. The smallest absolute Gasteiger partial charge is 0.410 e. The quantitative estimate of drug-likeness (QED) is 0.342. The molecule has 6 rings (SSSR count). The van der Waals surface area contributed by atoms with Crippen molar-refractivity contribution in [2.45, 2.75) is 63.7 Å². The molecule has 2 aromatic carbocycles. The topological polar surface area (TPSA) is 110 Å². The van der Waals surface area contributed by atoms with Gasteiger partial charge in [-0.15, -0.1) is 0 Å². The first-order chi connectivity index (χ1) is 21.9. The molecule has 0 aliphatic carbocycles. The number of hydrogen-bond acceptors (Lipinski definition) is 6. The Morgan fingerprint density at radius 1 is 1.00 bits per heavy atom. The van der Waals surface area contributed by atoms with E-state index in [0.29, 0.717) is 62.2 Å². The molecule has 0 saturated carbocycles. The Kier molecular flexibility index (Phi) is 8.45. The number of carbonyl (C=O) groups is 2. The first-order valence-electron chi connectivity index (χ1n) is 15.8. The van der Waals surface area contributed by atoms with E-state index in [1.165, 1.54) is 23.0 Å². The molecule has 4 aromatic rings. The Bertz CT molecular complexity index is 1770. The van der Waals surface area contributed by atoms with Crippen LogP contribution >= 0.6 is 0 Å². The van der Waals surface area contributed by atoms with Gasteiger partial charge < -0.3 is 24.2 Å². The van der Waals surface area contributed by atoms with Crippen LogP contribution in [0.15, 0.2) is 78.0 Å². The molecule has 0 spiro atoms. The number of likely N-dealkylation sites (tertiary alicyclic amines) is 2. The van der Waals surface area contributed by atoms with Gasteiger partial charge in [0.2, 0.25) is 5.91 Å². The van der Waals surface area contributed by atoms with E-state index in [1.807, 2.05) is 56.0 Å². The average Bonchev–Trinajstić information content (AvgIpc) is 3.47. The number of fused-ring (bicyclic) bond motifs is 1. The maximum absolute atomic E-state index is 14.0. The molecule has 0 unspecified atom stereocenters. The minimum absolute atomic E-state index is 0.0159. The van der Waals surface area contributed by atoms with E-state index in [0.717, 1.165) is 5.56 Å². The van der Waals surface area contributed by atoms with E-state index in [1.54, 1.807) is 33.9 Å². The van der Waals surface area contributed by atoms with Gasteiger partial charge in [-0.25, -0.2) is 14.2 Å². The fourth-order valence-corrected chi connectivity index (χ4v) is 6.61. The maximum Gasteiger partial charge on any atom is 0.410 e. The molecule has 2 amide bonds.